The molecule has 0 aromatic carbocycles. The molecule has 0 radical (unpaired) electrons. The van der Waals surface area contributed by atoms with Crippen molar-refractivity contribution in [1.82, 2.24) is 15.0 Å². The highest BCUT2D eigenvalue weighted by Crippen LogP contribution is 2.17. The van der Waals surface area contributed by atoms with Gasteiger partial charge in [0.1, 0.15) is 5.69 Å². The third kappa shape index (κ3) is 3.67. The molecule has 1 atom stereocenters. The fraction of sp³-hybridized carbons (Fsp3) is 0.800. The summed E-state index contributed by atoms with van der Waals surface area (Å²) in [5, 5.41) is 7.49. The van der Waals surface area contributed by atoms with E-state index in [2.05, 4.69) is 10.3 Å². The Bertz CT molecular complexity index is 474. The van der Waals surface area contributed by atoms with Crippen LogP contribution in [0.1, 0.15) is 38.8 Å². The molecule has 0 saturated carbocycles. The van der Waals surface area contributed by atoms with E-state index in [1.807, 2.05) is 0 Å². The van der Waals surface area contributed by atoms with Crippen LogP contribution in [-0.4, -0.2) is 33.9 Å². The maximum Gasteiger partial charge on any atom is 0.157 e. The lowest BCUT2D eigenvalue weighted by molar-refractivity contribution is 0.545. The molecule has 0 amide bonds. The van der Waals surface area contributed by atoms with Crippen LogP contribution in [0.2, 0.25) is 0 Å². The lowest BCUT2D eigenvalue weighted by atomic mass is 10.3. The molecule has 1 unspecified atom stereocenters. The van der Waals surface area contributed by atoms with Crippen molar-refractivity contribution in [2.24, 2.45) is 0 Å². The number of alkyl halides is 1. The molecule has 1 heterocycles. The second-order valence-electron chi connectivity index (χ2n) is 4.95. The molecule has 0 aliphatic heterocycles. The Labute approximate surface area is 107 Å². The second kappa shape index (κ2) is 4.94. The Morgan fingerprint density at radius 2 is 2.06 bits per heavy atom. The Hall–Kier alpha value is -0.620. The number of rotatable bonds is 4. The van der Waals surface area contributed by atoms with E-state index >= 15 is 0 Å². The first-order valence-electron chi connectivity index (χ1n) is 5.40. The van der Waals surface area contributed by atoms with Gasteiger partial charge in [-0.05, 0) is 27.7 Å². The highest BCUT2D eigenvalue weighted by atomic mass is 35.5. The van der Waals surface area contributed by atoms with E-state index < -0.39 is 14.6 Å². The molecule has 0 N–H and O–H groups in total. The minimum Gasteiger partial charge on any atom is -0.251 e. The Morgan fingerprint density at radius 1 is 1.47 bits per heavy atom. The van der Waals surface area contributed by atoms with Gasteiger partial charge in [0.25, 0.3) is 0 Å². The fourth-order valence-corrected chi connectivity index (χ4v) is 2.26. The smallest absolute Gasteiger partial charge is 0.157 e. The lowest BCUT2D eigenvalue weighted by Crippen LogP contribution is -2.32. The average Bonchev–Trinajstić information content (AvgIpc) is 2.61. The van der Waals surface area contributed by atoms with E-state index in [0.717, 1.165) is 0 Å². The zero-order chi connectivity index (χ0) is 13.3. The molecule has 7 heteroatoms. The van der Waals surface area contributed by atoms with Crippen LogP contribution in [-0.2, 0) is 16.4 Å². The zero-order valence-corrected chi connectivity index (χ0v) is 12.1. The number of aryl methyl sites for hydroxylation is 1. The van der Waals surface area contributed by atoms with Gasteiger partial charge in [-0.15, -0.1) is 16.7 Å². The van der Waals surface area contributed by atoms with Crippen LogP contribution >= 0.6 is 11.6 Å². The van der Waals surface area contributed by atoms with Crippen molar-refractivity contribution < 1.29 is 8.42 Å². The van der Waals surface area contributed by atoms with Crippen LogP contribution in [0.15, 0.2) is 6.20 Å². The summed E-state index contributed by atoms with van der Waals surface area (Å²) in [5.74, 6) is 0.0516. The molecule has 0 aliphatic rings. The third-order valence-electron chi connectivity index (χ3n) is 2.49. The minimum absolute atomic E-state index is 0.0516. The number of hydrogen-bond acceptors (Lipinski definition) is 4. The third-order valence-corrected chi connectivity index (χ3v) is 5.30. The molecular weight excluding hydrogens is 262 g/mol. The Morgan fingerprint density at radius 3 is 2.47 bits per heavy atom. The highest BCUT2D eigenvalue weighted by Gasteiger charge is 2.28. The van der Waals surface area contributed by atoms with Crippen LogP contribution in [0, 0.1) is 0 Å². The van der Waals surface area contributed by atoms with Gasteiger partial charge in [0.2, 0.25) is 0 Å². The van der Waals surface area contributed by atoms with Gasteiger partial charge in [-0.1, -0.05) is 5.21 Å². The number of aromatic nitrogens is 3. The largest absolute Gasteiger partial charge is 0.251 e. The van der Waals surface area contributed by atoms with Gasteiger partial charge >= 0.3 is 0 Å². The van der Waals surface area contributed by atoms with E-state index in [0.29, 0.717) is 12.2 Å². The van der Waals surface area contributed by atoms with Crippen molar-refractivity contribution in [3.8, 4) is 0 Å². The molecule has 1 aromatic heterocycles. The van der Waals surface area contributed by atoms with Gasteiger partial charge in [-0.2, -0.15) is 0 Å². The lowest BCUT2D eigenvalue weighted by Gasteiger charge is -2.18. The molecule has 0 spiro atoms. The number of halogens is 1. The van der Waals surface area contributed by atoms with Crippen LogP contribution in [0.4, 0.5) is 0 Å². The number of hydrogen-bond donors (Lipinski definition) is 0. The predicted octanol–water partition coefficient (Wildman–Crippen LogP) is 1.79. The van der Waals surface area contributed by atoms with Gasteiger partial charge in [0.15, 0.2) is 9.84 Å². The van der Waals surface area contributed by atoms with E-state index in [1.54, 1.807) is 33.9 Å². The van der Waals surface area contributed by atoms with Crippen molar-refractivity contribution in [3.63, 3.8) is 0 Å². The monoisotopic (exact) mass is 279 g/mol. The quantitative estimate of drug-likeness (QED) is 0.788. The molecule has 5 nitrogen and oxygen atoms in total. The van der Waals surface area contributed by atoms with Gasteiger partial charge in [0, 0.05) is 6.20 Å². The maximum atomic E-state index is 11.9. The molecule has 0 fully saturated rings. The van der Waals surface area contributed by atoms with Crippen molar-refractivity contribution >= 4 is 21.4 Å². The normalized spacial score (nSPS) is 14.9. The van der Waals surface area contributed by atoms with E-state index in [9.17, 15) is 8.42 Å². The molecule has 0 bridgehead atoms. The summed E-state index contributed by atoms with van der Waals surface area (Å²) < 4.78 is 24.5. The molecule has 0 aliphatic carbocycles. The first-order chi connectivity index (χ1) is 7.63. The SMILES string of the molecule is CC(Cl)c1cn(CCS(=O)(=O)C(C)(C)C)nn1. The molecule has 1 aromatic rings. The van der Waals surface area contributed by atoms with Crippen LogP contribution in [0.5, 0.6) is 0 Å². The second-order valence-corrected chi connectivity index (χ2v) is 8.47. The van der Waals surface area contributed by atoms with Crippen LogP contribution in [0.3, 0.4) is 0 Å². The standard InChI is InChI=1S/C10H18ClN3O2S/c1-8(11)9-7-14(13-12-9)5-6-17(15,16)10(2,3)4/h7-8H,5-6H2,1-4H3. The number of sulfone groups is 1. The van der Waals surface area contributed by atoms with Gasteiger partial charge < -0.3 is 0 Å². The van der Waals surface area contributed by atoms with Crippen molar-refractivity contribution in [3.05, 3.63) is 11.9 Å². The summed E-state index contributed by atoms with van der Waals surface area (Å²) in [4.78, 5) is 0. The number of nitrogens with zero attached hydrogens (tertiary/aromatic N) is 3. The van der Waals surface area contributed by atoms with Gasteiger partial charge in [-0.25, -0.2) is 8.42 Å². The van der Waals surface area contributed by atoms with Crippen molar-refractivity contribution in [2.45, 2.75) is 44.4 Å². The van der Waals surface area contributed by atoms with E-state index in [4.69, 9.17) is 11.6 Å². The van der Waals surface area contributed by atoms with E-state index in [1.165, 1.54) is 4.68 Å². The molecular formula is C10H18ClN3O2S. The molecule has 0 saturated heterocycles. The fourth-order valence-electron chi connectivity index (χ4n) is 1.12. The Balaban J connectivity index is 2.68. The first-order valence-corrected chi connectivity index (χ1v) is 7.49. The molecule has 98 valence electrons. The maximum absolute atomic E-state index is 11.9. The van der Waals surface area contributed by atoms with Crippen molar-refractivity contribution in [1.29, 1.82) is 0 Å². The predicted molar refractivity (Wildman–Crippen MR) is 67.8 cm³/mol. The molecule has 1 rings (SSSR count). The summed E-state index contributed by atoms with van der Waals surface area (Å²) >= 11 is 5.85. The van der Waals surface area contributed by atoms with Gasteiger partial charge in [0.05, 0.1) is 22.4 Å². The summed E-state index contributed by atoms with van der Waals surface area (Å²) in [5.41, 5.74) is 0.653. The summed E-state index contributed by atoms with van der Waals surface area (Å²) in [6.45, 7) is 7.17. The molecule has 17 heavy (non-hydrogen) atoms. The summed E-state index contributed by atoms with van der Waals surface area (Å²) in [6, 6.07) is 0. The van der Waals surface area contributed by atoms with Gasteiger partial charge in [-0.3, -0.25) is 4.68 Å². The summed E-state index contributed by atoms with van der Waals surface area (Å²) in [7, 11) is -3.13. The van der Waals surface area contributed by atoms with Crippen LogP contribution in [0.25, 0.3) is 0 Å². The van der Waals surface area contributed by atoms with Crippen molar-refractivity contribution in [2.75, 3.05) is 5.75 Å². The summed E-state index contributed by atoms with van der Waals surface area (Å²) in [6.07, 6.45) is 1.68. The Kier molecular flexibility index (Phi) is 4.19. The van der Waals surface area contributed by atoms with Crippen LogP contribution < -0.4 is 0 Å². The highest BCUT2D eigenvalue weighted by molar-refractivity contribution is 7.92. The topological polar surface area (TPSA) is 64.8 Å². The first kappa shape index (κ1) is 14.4. The zero-order valence-electron chi connectivity index (χ0n) is 10.5. The minimum atomic E-state index is -3.13. The average molecular weight is 280 g/mol. The van der Waals surface area contributed by atoms with E-state index in [-0.39, 0.29) is 11.1 Å².